The van der Waals surface area contributed by atoms with Crippen molar-refractivity contribution in [1.29, 1.82) is 0 Å². The van der Waals surface area contributed by atoms with Gasteiger partial charge in [0.05, 0.1) is 11.2 Å². The first-order chi connectivity index (χ1) is 23.0. The second kappa shape index (κ2) is 9.01. The molecule has 5 unspecified atom stereocenters. The number of nitrogens with zero attached hydrogens (tertiary/aromatic N) is 2. The molecule has 0 amide bonds. The quantitative estimate of drug-likeness (QED) is 0.199. The van der Waals surface area contributed by atoms with Gasteiger partial charge in [0.15, 0.2) is 0 Å². The molecule has 228 valence electrons. The highest BCUT2D eigenvalue weighted by molar-refractivity contribution is 5.97. The minimum absolute atomic E-state index is 0.0629. The summed E-state index contributed by atoms with van der Waals surface area (Å²) in [6, 6.07) is 44.0. The summed E-state index contributed by atoms with van der Waals surface area (Å²) in [6.07, 6.45) is 7.54. The van der Waals surface area contributed by atoms with Crippen LogP contribution in [0.3, 0.4) is 0 Å². The Labute approximate surface area is 277 Å². The Balaban J connectivity index is 1.19. The number of hydrogen-bond donors (Lipinski definition) is 0. The van der Waals surface area contributed by atoms with Crippen LogP contribution in [-0.4, -0.2) is 4.98 Å². The molecule has 4 bridgehead atoms. The van der Waals surface area contributed by atoms with E-state index in [0.29, 0.717) is 0 Å². The Hall–Kier alpha value is -4.69. The van der Waals surface area contributed by atoms with Crippen LogP contribution in [0.25, 0.3) is 33.2 Å². The van der Waals surface area contributed by atoms with Crippen molar-refractivity contribution in [2.24, 2.45) is 23.7 Å². The Bertz CT molecular complexity index is 2290. The number of rotatable bonds is 3. The van der Waals surface area contributed by atoms with E-state index in [4.69, 9.17) is 0 Å². The lowest BCUT2D eigenvalue weighted by atomic mass is 9.59. The Morgan fingerprint density at radius 3 is 2.28 bits per heavy atom. The van der Waals surface area contributed by atoms with E-state index >= 15 is 0 Å². The highest BCUT2D eigenvalue weighted by Gasteiger charge is 2.66. The van der Waals surface area contributed by atoms with E-state index in [1.807, 2.05) is 6.20 Å². The molecule has 6 aromatic rings. The summed E-state index contributed by atoms with van der Waals surface area (Å²) in [7, 11) is 0. The molecule has 5 aromatic carbocycles. The van der Waals surface area contributed by atoms with Gasteiger partial charge in [-0.05, 0) is 131 Å². The molecule has 4 fully saturated rings. The smallest absolute Gasteiger partial charge is 0.0703 e. The summed E-state index contributed by atoms with van der Waals surface area (Å²) in [6.45, 7) is 4.77. The molecule has 5 atom stereocenters. The first kappa shape index (κ1) is 26.4. The lowest BCUT2D eigenvalue weighted by molar-refractivity contribution is 0.191. The minimum Gasteiger partial charge on any atom is -0.310 e. The molecule has 0 saturated heterocycles. The predicted octanol–water partition coefficient (Wildman–Crippen LogP) is 11.3. The molecule has 0 aliphatic heterocycles. The van der Waals surface area contributed by atoms with Crippen molar-refractivity contribution in [3.8, 4) is 22.3 Å². The monoisotopic (exact) mass is 606 g/mol. The highest BCUT2D eigenvalue weighted by atomic mass is 15.1. The fraction of sp³-hybridized carbons (Fsp3) is 0.267. The maximum atomic E-state index is 4.68. The van der Waals surface area contributed by atoms with Gasteiger partial charge in [0, 0.05) is 39.4 Å². The third-order valence-electron chi connectivity index (χ3n) is 13.3. The standard InChI is InChI=1S/C45H38N2/c1-44(2)36-12-5-4-11-35(36)43-38(44)14-7-15-42(43)47(31-17-19-41-28(25-31)9-8-20-46-41)32-16-18-34-33-10-3-6-13-37(33)45(40(34)26-32)30-22-27-21-29(24-30)39(45)23-27/h3-20,25-27,29-30,39H,21-24H2,1-2H3. The Morgan fingerprint density at radius 1 is 0.617 bits per heavy atom. The van der Waals surface area contributed by atoms with E-state index in [9.17, 15) is 0 Å². The molecule has 0 N–H and O–H groups in total. The van der Waals surface area contributed by atoms with E-state index in [2.05, 4.69) is 139 Å². The maximum Gasteiger partial charge on any atom is 0.0703 e. The van der Waals surface area contributed by atoms with E-state index < -0.39 is 0 Å². The molecule has 6 aliphatic rings. The average molecular weight is 607 g/mol. The van der Waals surface area contributed by atoms with Gasteiger partial charge < -0.3 is 4.90 Å². The van der Waals surface area contributed by atoms with Crippen LogP contribution in [0, 0.1) is 23.7 Å². The van der Waals surface area contributed by atoms with Crippen LogP contribution < -0.4 is 4.90 Å². The fourth-order valence-electron chi connectivity index (χ4n) is 11.7. The topological polar surface area (TPSA) is 16.1 Å². The molecular formula is C45H38N2. The van der Waals surface area contributed by atoms with Crippen LogP contribution >= 0.6 is 0 Å². The molecule has 4 saturated carbocycles. The normalized spacial score (nSPS) is 26.4. The van der Waals surface area contributed by atoms with Crippen molar-refractivity contribution in [2.45, 2.75) is 50.4 Å². The van der Waals surface area contributed by atoms with E-state index in [1.165, 1.54) is 81.5 Å². The molecule has 1 aromatic heterocycles. The molecule has 1 spiro atoms. The second-order valence-corrected chi connectivity index (χ2v) is 15.6. The summed E-state index contributed by atoms with van der Waals surface area (Å²) in [5.74, 6) is 3.32. The van der Waals surface area contributed by atoms with Crippen molar-refractivity contribution in [3.63, 3.8) is 0 Å². The van der Waals surface area contributed by atoms with Crippen LogP contribution in [0.2, 0.25) is 0 Å². The Kier molecular flexibility index (Phi) is 5.06. The zero-order valence-corrected chi connectivity index (χ0v) is 27.1. The van der Waals surface area contributed by atoms with Crippen molar-refractivity contribution in [2.75, 3.05) is 4.90 Å². The lowest BCUT2D eigenvalue weighted by Crippen LogP contribution is -2.40. The first-order valence-electron chi connectivity index (χ1n) is 17.7. The number of fused-ring (bicyclic) bond motifs is 7. The van der Waals surface area contributed by atoms with Gasteiger partial charge in [-0.25, -0.2) is 0 Å². The number of hydrogen-bond acceptors (Lipinski definition) is 2. The van der Waals surface area contributed by atoms with Gasteiger partial charge in [-0.15, -0.1) is 0 Å². The molecule has 47 heavy (non-hydrogen) atoms. The van der Waals surface area contributed by atoms with Crippen LogP contribution in [0.1, 0.15) is 61.8 Å². The minimum atomic E-state index is -0.0629. The largest absolute Gasteiger partial charge is 0.310 e. The van der Waals surface area contributed by atoms with Gasteiger partial charge in [-0.1, -0.05) is 86.6 Å². The molecule has 12 rings (SSSR count). The number of anilines is 3. The maximum absolute atomic E-state index is 4.68. The van der Waals surface area contributed by atoms with Crippen molar-refractivity contribution in [3.05, 3.63) is 144 Å². The lowest BCUT2D eigenvalue weighted by Gasteiger charge is -2.44. The summed E-state index contributed by atoms with van der Waals surface area (Å²) in [5, 5.41) is 1.17. The molecule has 2 heteroatoms. The molecule has 2 nitrogen and oxygen atoms in total. The van der Waals surface area contributed by atoms with Crippen molar-refractivity contribution in [1.82, 2.24) is 4.98 Å². The number of pyridine rings is 1. The fourth-order valence-corrected chi connectivity index (χ4v) is 11.7. The number of aromatic nitrogens is 1. The van der Waals surface area contributed by atoms with Crippen LogP contribution in [0.4, 0.5) is 17.1 Å². The Morgan fingerprint density at radius 2 is 1.38 bits per heavy atom. The zero-order valence-electron chi connectivity index (χ0n) is 27.1. The average Bonchev–Trinajstić information content (AvgIpc) is 3.72. The molecule has 6 aliphatic carbocycles. The third-order valence-corrected chi connectivity index (χ3v) is 13.3. The second-order valence-electron chi connectivity index (χ2n) is 15.6. The van der Waals surface area contributed by atoms with Gasteiger partial charge in [0.25, 0.3) is 0 Å². The van der Waals surface area contributed by atoms with Crippen LogP contribution in [0.15, 0.2) is 121 Å². The zero-order chi connectivity index (χ0) is 31.1. The van der Waals surface area contributed by atoms with Crippen LogP contribution in [-0.2, 0) is 10.8 Å². The summed E-state index contributed by atoms with van der Waals surface area (Å²) in [5.41, 5.74) is 16.5. The third kappa shape index (κ3) is 3.24. The van der Waals surface area contributed by atoms with Gasteiger partial charge >= 0.3 is 0 Å². The molecule has 1 heterocycles. The summed E-state index contributed by atoms with van der Waals surface area (Å²) >= 11 is 0. The van der Waals surface area contributed by atoms with Gasteiger partial charge in [0.2, 0.25) is 0 Å². The first-order valence-corrected chi connectivity index (χ1v) is 17.7. The van der Waals surface area contributed by atoms with Crippen molar-refractivity contribution < 1.29 is 0 Å². The van der Waals surface area contributed by atoms with Crippen molar-refractivity contribution >= 4 is 28.0 Å². The highest BCUT2D eigenvalue weighted by Crippen LogP contribution is 2.73. The van der Waals surface area contributed by atoms with E-state index in [-0.39, 0.29) is 10.8 Å². The molecule has 0 radical (unpaired) electrons. The summed E-state index contributed by atoms with van der Waals surface area (Å²) < 4.78 is 0. The predicted molar refractivity (Wildman–Crippen MR) is 193 cm³/mol. The summed E-state index contributed by atoms with van der Waals surface area (Å²) in [4.78, 5) is 7.24. The van der Waals surface area contributed by atoms with Gasteiger partial charge in [0.1, 0.15) is 0 Å². The SMILES string of the molecule is CC1(C)c2ccccc2-c2c(N(c3ccc4c(c3)C3(c5ccccc5-4)C4CC5CC(C4)C3C5)c3ccc4ncccc4c3)cccc21. The number of benzene rings is 5. The van der Waals surface area contributed by atoms with Crippen LogP contribution in [0.5, 0.6) is 0 Å². The molecular weight excluding hydrogens is 569 g/mol. The van der Waals surface area contributed by atoms with Gasteiger partial charge in [-0.2, -0.15) is 0 Å². The van der Waals surface area contributed by atoms with E-state index in [1.54, 1.807) is 11.1 Å². The van der Waals surface area contributed by atoms with Gasteiger partial charge in [-0.3, -0.25) is 4.98 Å². The van der Waals surface area contributed by atoms with E-state index in [0.717, 1.165) is 29.2 Å².